The summed E-state index contributed by atoms with van der Waals surface area (Å²) in [6.07, 6.45) is 3.23. The van der Waals surface area contributed by atoms with Gasteiger partial charge in [0.25, 0.3) is 0 Å². The second kappa shape index (κ2) is 8.79. The molecular weight excluding hydrogens is 288 g/mol. The van der Waals surface area contributed by atoms with Gasteiger partial charge in [0, 0.05) is 5.57 Å². The molecule has 0 aliphatic carbocycles. The second-order valence-electron chi connectivity index (χ2n) is 5.46. The van der Waals surface area contributed by atoms with Crippen LogP contribution in [0.1, 0.15) is 25.7 Å². The predicted molar refractivity (Wildman–Crippen MR) is 92.6 cm³/mol. The highest BCUT2D eigenvalue weighted by Crippen LogP contribution is 2.22. The van der Waals surface area contributed by atoms with Gasteiger partial charge in [-0.25, -0.2) is 4.79 Å². The molecule has 0 unspecified atom stereocenters. The zero-order valence-corrected chi connectivity index (χ0v) is 13.2. The van der Waals surface area contributed by atoms with Crippen LogP contribution in [0, 0.1) is 0 Å². The summed E-state index contributed by atoms with van der Waals surface area (Å²) >= 11 is 0. The van der Waals surface area contributed by atoms with Gasteiger partial charge in [-0.15, -0.1) is 0 Å². The van der Waals surface area contributed by atoms with Gasteiger partial charge in [0.15, 0.2) is 0 Å². The summed E-state index contributed by atoms with van der Waals surface area (Å²) in [4.78, 5) is 10.6. The fourth-order valence-electron chi connectivity index (χ4n) is 2.29. The minimum Gasteiger partial charge on any atom is -0.494 e. The van der Waals surface area contributed by atoms with Crippen molar-refractivity contribution in [3.8, 4) is 16.9 Å². The molecule has 0 atom stereocenters. The normalized spacial score (nSPS) is 10.3. The van der Waals surface area contributed by atoms with Gasteiger partial charge in [-0.05, 0) is 48.9 Å². The summed E-state index contributed by atoms with van der Waals surface area (Å²) in [5, 5.41) is 8.71. The van der Waals surface area contributed by atoms with Crippen LogP contribution in [0.5, 0.6) is 5.75 Å². The molecule has 0 heterocycles. The number of carbonyl (C=O) groups is 1. The Hall–Kier alpha value is -2.55. The van der Waals surface area contributed by atoms with Crippen LogP contribution < -0.4 is 4.74 Å². The molecule has 23 heavy (non-hydrogen) atoms. The van der Waals surface area contributed by atoms with Crippen LogP contribution in [0.4, 0.5) is 0 Å². The number of ether oxygens (including phenoxy) is 1. The number of hydrogen-bond donors (Lipinski definition) is 1. The van der Waals surface area contributed by atoms with Crippen molar-refractivity contribution < 1.29 is 14.6 Å². The van der Waals surface area contributed by atoms with E-state index in [1.807, 2.05) is 30.3 Å². The molecule has 2 rings (SSSR count). The first-order chi connectivity index (χ1) is 11.2. The molecule has 0 bridgehead atoms. The van der Waals surface area contributed by atoms with Gasteiger partial charge < -0.3 is 9.84 Å². The van der Waals surface area contributed by atoms with Gasteiger partial charge in [-0.3, -0.25) is 0 Å². The van der Waals surface area contributed by atoms with Gasteiger partial charge in [0.1, 0.15) is 5.75 Å². The zero-order chi connectivity index (χ0) is 16.5. The fourth-order valence-corrected chi connectivity index (χ4v) is 2.29. The number of unbranched alkanes of at least 4 members (excludes halogenated alkanes) is 2. The summed E-state index contributed by atoms with van der Waals surface area (Å²) < 4.78 is 5.71. The maximum absolute atomic E-state index is 10.6. The van der Waals surface area contributed by atoms with E-state index in [2.05, 4.69) is 30.8 Å². The topological polar surface area (TPSA) is 46.5 Å². The monoisotopic (exact) mass is 310 g/mol. The standard InChI is InChI=1S/C20H22O3/c1-16(20(21)22)8-4-3-7-15-23-19-13-11-18(12-14-19)17-9-5-2-6-10-17/h2,5-6,9-14H,1,3-4,7-8,15H2,(H,21,22). The van der Waals surface area contributed by atoms with E-state index >= 15 is 0 Å². The SMILES string of the molecule is C=C(CCCCCOc1ccc(-c2ccccc2)cc1)C(=O)O. The number of benzene rings is 2. The van der Waals surface area contributed by atoms with E-state index in [0.717, 1.165) is 25.0 Å². The Labute approximate surface area is 137 Å². The average Bonchev–Trinajstić information content (AvgIpc) is 2.59. The zero-order valence-electron chi connectivity index (χ0n) is 13.2. The minimum absolute atomic E-state index is 0.280. The molecule has 3 nitrogen and oxygen atoms in total. The summed E-state index contributed by atoms with van der Waals surface area (Å²) in [6.45, 7) is 4.17. The lowest BCUT2D eigenvalue weighted by molar-refractivity contribution is -0.132. The van der Waals surface area contributed by atoms with E-state index in [1.165, 1.54) is 11.1 Å². The third-order valence-corrected chi connectivity index (χ3v) is 3.66. The molecule has 0 amide bonds. The molecule has 0 aromatic heterocycles. The Morgan fingerprint density at radius 2 is 1.57 bits per heavy atom. The molecule has 0 radical (unpaired) electrons. The molecule has 0 spiro atoms. The molecule has 0 aliphatic heterocycles. The summed E-state index contributed by atoms with van der Waals surface area (Å²) in [7, 11) is 0. The van der Waals surface area contributed by atoms with Crippen LogP contribution in [0.3, 0.4) is 0 Å². The van der Waals surface area contributed by atoms with Crippen molar-refractivity contribution in [2.45, 2.75) is 25.7 Å². The van der Waals surface area contributed by atoms with Crippen molar-refractivity contribution >= 4 is 5.97 Å². The summed E-state index contributed by atoms with van der Waals surface area (Å²) in [5.41, 5.74) is 2.64. The Kier molecular flexibility index (Phi) is 6.42. The third kappa shape index (κ3) is 5.62. The van der Waals surface area contributed by atoms with Crippen molar-refractivity contribution in [2.75, 3.05) is 6.61 Å². The van der Waals surface area contributed by atoms with E-state index in [-0.39, 0.29) is 5.57 Å². The van der Waals surface area contributed by atoms with Crippen molar-refractivity contribution in [2.24, 2.45) is 0 Å². The van der Waals surface area contributed by atoms with E-state index < -0.39 is 5.97 Å². The lowest BCUT2D eigenvalue weighted by Crippen LogP contribution is -2.00. The molecule has 0 saturated carbocycles. The first kappa shape index (κ1) is 16.8. The molecule has 0 saturated heterocycles. The van der Waals surface area contributed by atoms with E-state index in [0.29, 0.717) is 13.0 Å². The van der Waals surface area contributed by atoms with Crippen LogP contribution in [0.25, 0.3) is 11.1 Å². The van der Waals surface area contributed by atoms with Crippen LogP contribution in [0.15, 0.2) is 66.7 Å². The van der Waals surface area contributed by atoms with Gasteiger partial charge in [-0.2, -0.15) is 0 Å². The third-order valence-electron chi connectivity index (χ3n) is 3.66. The maximum atomic E-state index is 10.6. The Bertz CT molecular complexity index is 630. The highest BCUT2D eigenvalue weighted by molar-refractivity contribution is 5.85. The van der Waals surface area contributed by atoms with Crippen LogP contribution >= 0.6 is 0 Å². The predicted octanol–water partition coefficient (Wildman–Crippen LogP) is 4.93. The Morgan fingerprint density at radius 3 is 2.22 bits per heavy atom. The second-order valence-corrected chi connectivity index (χ2v) is 5.46. The molecular formula is C20H22O3. The van der Waals surface area contributed by atoms with Crippen molar-refractivity contribution in [1.82, 2.24) is 0 Å². The van der Waals surface area contributed by atoms with Crippen LogP contribution in [0.2, 0.25) is 0 Å². The molecule has 2 aromatic carbocycles. The largest absolute Gasteiger partial charge is 0.494 e. The first-order valence-electron chi connectivity index (χ1n) is 7.86. The van der Waals surface area contributed by atoms with Crippen molar-refractivity contribution in [3.05, 3.63) is 66.7 Å². The number of carboxylic acids is 1. The Morgan fingerprint density at radius 1 is 0.913 bits per heavy atom. The minimum atomic E-state index is -0.903. The summed E-state index contributed by atoms with van der Waals surface area (Å²) in [5.74, 6) is -0.0422. The number of hydrogen-bond acceptors (Lipinski definition) is 2. The molecule has 1 N–H and O–H groups in total. The lowest BCUT2D eigenvalue weighted by atomic mass is 10.1. The van der Waals surface area contributed by atoms with Gasteiger partial charge in [0.05, 0.1) is 6.61 Å². The van der Waals surface area contributed by atoms with Gasteiger partial charge in [-0.1, -0.05) is 49.0 Å². The van der Waals surface area contributed by atoms with Gasteiger partial charge in [0.2, 0.25) is 0 Å². The highest BCUT2D eigenvalue weighted by Gasteiger charge is 2.03. The highest BCUT2D eigenvalue weighted by atomic mass is 16.5. The van der Waals surface area contributed by atoms with Crippen molar-refractivity contribution in [1.29, 1.82) is 0 Å². The molecule has 0 aliphatic rings. The molecule has 2 aromatic rings. The van der Waals surface area contributed by atoms with Crippen LogP contribution in [-0.2, 0) is 4.79 Å². The molecule has 0 fully saturated rings. The average molecular weight is 310 g/mol. The first-order valence-corrected chi connectivity index (χ1v) is 7.86. The van der Waals surface area contributed by atoms with Crippen LogP contribution in [-0.4, -0.2) is 17.7 Å². The van der Waals surface area contributed by atoms with E-state index in [9.17, 15) is 4.79 Å². The Balaban J connectivity index is 1.69. The molecule has 120 valence electrons. The maximum Gasteiger partial charge on any atom is 0.330 e. The number of aliphatic carboxylic acids is 1. The fraction of sp³-hybridized carbons (Fsp3) is 0.250. The summed E-state index contributed by atoms with van der Waals surface area (Å²) in [6, 6.07) is 18.3. The lowest BCUT2D eigenvalue weighted by Gasteiger charge is -2.07. The number of carboxylic acid groups (broad SMARTS) is 1. The van der Waals surface area contributed by atoms with E-state index in [1.54, 1.807) is 0 Å². The smallest absolute Gasteiger partial charge is 0.330 e. The van der Waals surface area contributed by atoms with E-state index in [4.69, 9.17) is 9.84 Å². The molecule has 3 heteroatoms. The van der Waals surface area contributed by atoms with Crippen molar-refractivity contribution in [3.63, 3.8) is 0 Å². The quantitative estimate of drug-likeness (QED) is 0.527. The van der Waals surface area contributed by atoms with Gasteiger partial charge >= 0.3 is 5.97 Å². The number of rotatable bonds is 9.